The molecule has 0 rings (SSSR count). The molecule has 0 amide bonds. The first kappa shape index (κ1) is 15.7. The van der Waals surface area contributed by atoms with Gasteiger partial charge >= 0.3 is 19.8 Å². The third-order valence-corrected chi connectivity index (χ3v) is 0. The molecular formula is CeCuNdO. The molecule has 0 saturated carbocycles. The van der Waals surface area contributed by atoms with Crippen LogP contribution < -0.4 is 0 Å². The molecule has 0 saturated heterocycles. The van der Waals surface area contributed by atoms with Crippen LogP contribution in [0.1, 0.15) is 0 Å². The van der Waals surface area contributed by atoms with Crippen LogP contribution in [0.4, 0.5) is 0 Å². The molecule has 0 aromatic carbocycles. The normalized spacial score (nSPS) is 1.50. The Balaban J connectivity index is -0.00000000500. The zero-order chi connectivity index (χ0) is 2.00. The molecule has 0 aliphatic rings. The first-order chi connectivity index (χ1) is 1.00. The molecule has 0 fully saturated rings. The minimum absolute atomic E-state index is 0. The predicted molar refractivity (Wildman–Crippen MR) is 0.686 cm³/mol. The molecule has 0 heterocycles. The summed E-state index contributed by atoms with van der Waals surface area (Å²) >= 11 is 2.94. The van der Waals surface area contributed by atoms with Gasteiger partial charge < -0.3 is 0 Å². The third kappa shape index (κ3) is 8.90. The second kappa shape index (κ2) is 16.6. The molecule has 0 aliphatic heterocycles. The second-order valence-electron chi connectivity index (χ2n) is 0. The van der Waals surface area contributed by atoms with Gasteiger partial charge in [0.05, 0.1) is 0 Å². The summed E-state index contributed by atoms with van der Waals surface area (Å²) in [5.74, 6) is 0. The van der Waals surface area contributed by atoms with E-state index in [0.29, 0.717) is 0 Å². The van der Waals surface area contributed by atoms with Gasteiger partial charge in [-0.1, -0.05) is 0 Å². The second-order valence-corrected chi connectivity index (χ2v) is 0. The standard InChI is InChI=1S/Ce.Cu.Nd.O. The van der Waals surface area contributed by atoms with Crippen molar-refractivity contribution in [1.82, 2.24) is 0 Å². The fourth-order valence-electron chi connectivity index (χ4n) is 0. The van der Waals surface area contributed by atoms with Crippen LogP contribution in [0.2, 0.25) is 0 Å². The van der Waals surface area contributed by atoms with E-state index in [1.165, 1.54) is 0 Å². The molecule has 0 spiro atoms. The average Bonchev–Trinajstić information content (AvgIpc) is 1.00. The predicted octanol–water partition coefficient (Wildman–Crippen LogP) is -0.121. The van der Waals surface area contributed by atoms with Gasteiger partial charge in [-0.15, -0.1) is 0 Å². The molecule has 0 aromatic rings. The Hall–Kier alpha value is 3.05. The molecule has 0 aliphatic carbocycles. The Kier molecular flexibility index (Phi) is 65.3. The van der Waals surface area contributed by atoms with Crippen LogP contribution in [0.5, 0.6) is 0 Å². The summed E-state index contributed by atoms with van der Waals surface area (Å²) < 4.78 is 7.81. The molecule has 0 radical (unpaired) electrons. The maximum absolute atomic E-state index is 7.81. The van der Waals surface area contributed by atoms with E-state index in [1.54, 1.807) is 0 Å². The van der Waals surface area contributed by atoms with Gasteiger partial charge in [-0.05, 0) is 0 Å². The first-order valence-electron chi connectivity index (χ1n) is 0.123. The molecule has 4 heteroatoms. The molecule has 0 atom stereocenters. The van der Waals surface area contributed by atoms with E-state index in [9.17, 15) is 0 Å². The van der Waals surface area contributed by atoms with Crippen molar-refractivity contribution in [2.24, 2.45) is 0 Å². The van der Waals surface area contributed by atoms with Crippen LogP contribution in [0.15, 0.2) is 0 Å². The number of hydrogen-bond acceptors (Lipinski definition) is 1. The maximum atomic E-state index is 7.81. The zero-order valence-corrected chi connectivity index (χ0v) is 9.00. The molecule has 0 bridgehead atoms. The molecule has 0 N–H and O–H groups in total. The average molecular weight is 364 g/mol. The summed E-state index contributed by atoms with van der Waals surface area (Å²) in [6.45, 7) is 0. The van der Waals surface area contributed by atoms with Gasteiger partial charge in [0.25, 0.3) is 0 Å². The molecule has 25 valence electrons. The summed E-state index contributed by atoms with van der Waals surface area (Å²) in [5.41, 5.74) is 0. The van der Waals surface area contributed by atoms with Gasteiger partial charge in [0.1, 0.15) is 0 Å². The monoisotopic (exact) mass is 361 g/mol. The van der Waals surface area contributed by atoms with Crippen LogP contribution in [0.25, 0.3) is 0 Å². The van der Waals surface area contributed by atoms with Gasteiger partial charge in [0.2, 0.25) is 0 Å². The van der Waals surface area contributed by atoms with E-state index in [-0.39, 0.29) is 82.6 Å². The quantitative estimate of drug-likeness (QED) is 0.548. The van der Waals surface area contributed by atoms with Crippen molar-refractivity contribution in [2.75, 3.05) is 0 Å². The fraction of sp³-hybridized carbons (Fsp3) is 0. The Morgan fingerprint density at radius 1 is 1.25 bits per heavy atom. The van der Waals surface area contributed by atoms with E-state index in [4.69, 9.17) is 3.83 Å². The summed E-state index contributed by atoms with van der Waals surface area (Å²) in [7, 11) is 0. The Morgan fingerprint density at radius 3 is 1.25 bits per heavy atom. The van der Waals surface area contributed by atoms with Crippen molar-refractivity contribution >= 4 is 0 Å². The summed E-state index contributed by atoms with van der Waals surface area (Å²) in [6.07, 6.45) is 0. The SMILES string of the molecule is [Ce].[Nd].[O]=[Cu]. The van der Waals surface area contributed by atoms with Crippen molar-refractivity contribution in [3.05, 3.63) is 0 Å². The third-order valence-electron chi connectivity index (χ3n) is 0. The topological polar surface area (TPSA) is 17.1 Å². The molecule has 0 unspecified atom stereocenters. The summed E-state index contributed by atoms with van der Waals surface area (Å²) in [5, 5.41) is 0. The van der Waals surface area contributed by atoms with Crippen LogP contribution in [0, 0.1) is 82.6 Å². The van der Waals surface area contributed by atoms with Gasteiger partial charge in [0.15, 0.2) is 0 Å². The number of rotatable bonds is 0. The van der Waals surface area contributed by atoms with Crippen LogP contribution in [-0.4, -0.2) is 0 Å². The van der Waals surface area contributed by atoms with Crippen molar-refractivity contribution in [2.45, 2.75) is 0 Å². The summed E-state index contributed by atoms with van der Waals surface area (Å²) in [6, 6.07) is 0. The van der Waals surface area contributed by atoms with Crippen LogP contribution >= 0.6 is 0 Å². The van der Waals surface area contributed by atoms with E-state index in [1.807, 2.05) is 0 Å². The van der Waals surface area contributed by atoms with Crippen molar-refractivity contribution in [3.63, 3.8) is 0 Å². The summed E-state index contributed by atoms with van der Waals surface area (Å²) in [4.78, 5) is 0. The fourth-order valence-corrected chi connectivity index (χ4v) is 0. The van der Waals surface area contributed by atoms with Gasteiger partial charge in [-0.2, -0.15) is 0 Å². The Bertz CT molecular complexity index is 8.00. The van der Waals surface area contributed by atoms with Crippen molar-refractivity contribution in [1.29, 1.82) is 0 Å². The number of hydrogen-bond donors (Lipinski definition) is 0. The zero-order valence-electron chi connectivity index (χ0n) is 1.71. The van der Waals surface area contributed by atoms with Gasteiger partial charge in [-0.3, -0.25) is 0 Å². The first-order valence-corrected chi connectivity index (χ1v) is 0.508. The Labute approximate surface area is 99.6 Å². The Morgan fingerprint density at radius 2 is 1.25 bits per heavy atom. The molecule has 4 heavy (non-hydrogen) atoms. The van der Waals surface area contributed by atoms with Crippen molar-refractivity contribution in [3.8, 4) is 0 Å². The van der Waals surface area contributed by atoms with Gasteiger partial charge in [-0.25, -0.2) is 0 Å². The molecular weight excluding hydrogens is 364 g/mol. The molecule has 0 aromatic heterocycles. The van der Waals surface area contributed by atoms with Crippen molar-refractivity contribution < 1.29 is 102 Å². The minimum atomic E-state index is 0. The van der Waals surface area contributed by atoms with Crippen LogP contribution in [0.3, 0.4) is 0 Å². The molecule has 1 nitrogen and oxygen atoms in total. The van der Waals surface area contributed by atoms with Crippen LogP contribution in [-0.2, 0) is 19.8 Å². The van der Waals surface area contributed by atoms with E-state index >= 15 is 0 Å². The van der Waals surface area contributed by atoms with E-state index < -0.39 is 0 Å². The van der Waals surface area contributed by atoms with E-state index in [2.05, 4.69) is 15.9 Å². The van der Waals surface area contributed by atoms with Gasteiger partial charge in [0, 0.05) is 82.6 Å². The van der Waals surface area contributed by atoms with E-state index in [0.717, 1.165) is 0 Å².